The number of hydrogen-bond acceptors (Lipinski definition) is 5. The number of halogens is 1. The SMILES string of the molecule is O=C(O)c1cccc(-c2cccc(N=Nc3c(O)n(-c4ccccc4)c4cc(F)ccc34)c2O)c1. The smallest absolute Gasteiger partial charge is 0.335 e. The number of carbonyl (C=O) groups is 1. The first kappa shape index (κ1) is 21.8. The Balaban J connectivity index is 1.61. The molecule has 5 rings (SSSR count). The van der Waals surface area contributed by atoms with Gasteiger partial charge in [-0.2, -0.15) is 0 Å². The Kier molecular flexibility index (Phi) is 5.46. The molecule has 1 aromatic heterocycles. The number of para-hydroxylation sites is 2. The summed E-state index contributed by atoms with van der Waals surface area (Å²) in [6, 6.07) is 24.0. The Bertz CT molecular complexity index is 1610. The van der Waals surface area contributed by atoms with Crippen molar-refractivity contribution in [1.29, 1.82) is 0 Å². The van der Waals surface area contributed by atoms with Gasteiger partial charge in [-0.15, -0.1) is 10.2 Å². The Morgan fingerprint density at radius 1 is 0.829 bits per heavy atom. The maximum absolute atomic E-state index is 14.0. The van der Waals surface area contributed by atoms with Crippen molar-refractivity contribution in [3.05, 3.63) is 102 Å². The van der Waals surface area contributed by atoms with Crippen molar-refractivity contribution >= 4 is 28.2 Å². The second-order valence-electron chi connectivity index (χ2n) is 7.76. The van der Waals surface area contributed by atoms with Crippen molar-refractivity contribution in [3.8, 4) is 28.4 Å². The number of carboxylic acid groups (broad SMARTS) is 1. The zero-order valence-corrected chi connectivity index (χ0v) is 18.1. The molecule has 5 aromatic rings. The number of aromatic nitrogens is 1. The van der Waals surface area contributed by atoms with Gasteiger partial charge >= 0.3 is 5.97 Å². The molecule has 3 N–H and O–H groups in total. The van der Waals surface area contributed by atoms with E-state index in [0.717, 1.165) is 0 Å². The fourth-order valence-electron chi connectivity index (χ4n) is 3.94. The summed E-state index contributed by atoms with van der Waals surface area (Å²) in [7, 11) is 0. The first-order valence-corrected chi connectivity index (χ1v) is 10.6. The largest absolute Gasteiger partial charge is 0.505 e. The van der Waals surface area contributed by atoms with Crippen molar-refractivity contribution < 1.29 is 24.5 Å². The van der Waals surface area contributed by atoms with Crippen LogP contribution < -0.4 is 0 Å². The van der Waals surface area contributed by atoms with E-state index in [-0.39, 0.29) is 28.6 Å². The van der Waals surface area contributed by atoms with Gasteiger partial charge in [0.15, 0.2) is 11.4 Å². The Morgan fingerprint density at radius 2 is 1.60 bits per heavy atom. The van der Waals surface area contributed by atoms with Crippen LogP contribution in [-0.4, -0.2) is 25.9 Å². The highest BCUT2D eigenvalue weighted by molar-refractivity contribution is 5.96. The molecule has 0 saturated carbocycles. The molecule has 0 amide bonds. The number of nitrogens with zero attached hydrogens (tertiary/aromatic N) is 3. The minimum absolute atomic E-state index is 0.0832. The van der Waals surface area contributed by atoms with Crippen molar-refractivity contribution in [2.45, 2.75) is 0 Å². The summed E-state index contributed by atoms with van der Waals surface area (Å²) < 4.78 is 15.5. The van der Waals surface area contributed by atoms with Crippen LogP contribution >= 0.6 is 0 Å². The molecular weight excluding hydrogens is 449 g/mol. The normalized spacial score (nSPS) is 11.3. The number of phenols is 1. The van der Waals surface area contributed by atoms with Gasteiger partial charge in [-0.3, -0.25) is 4.57 Å². The summed E-state index contributed by atoms with van der Waals surface area (Å²) >= 11 is 0. The van der Waals surface area contributed by atoms with Gasteiger partial charge in [0.2, 0.25) is 5.88 Å². The van der Waals surface area contributed by atoms with Gasteiger partial charge in [-0.25, -0.2) is 9.18 Å². The van der Waals surface area contributed by atoms with Gasteiger partial charge < -0.3 is 15.3 Å². The summed E-state index contributed by atoms with van der Waals surface area (Å²) in [4.78, 5) is 11.3. The molecule has 0 saturated heterocycles. The maximum Gasteiger partial charge on any atom is 0.335 e. The molecule has 35 heavy (non-hydrogen) atoms. The molecule has 0 aliphatic heterocycles. The lowest BCUT2D eigenvalue weighted by molar-refractivity contribution is 0.0697. The van der Waals surface area contributed by atoms with Crippen LogP contribution in [0.4, 0.5) is 15.8 Å². The van der Waals surface area contributed by atoms with Crippen LogP contribution in [0.25, 0.3) is 27.7 Å². The highest BCUT2D eigenvalue weighted by Gasteiger charge is 2.19. The van der Waals surface area contributed by atoms with E-state index in [9.17, 15) is 24.5 Å². The van der Waals surface area contributed by atoms with Crippen molar-refractivity contribution in [2.75, 3.05) is 0 Å². The van der Waals surface area contributed by atoms with E-state index in [0.29, 0.717) is 27.7 Å². The predicted molar refractivity (Wildman–Crippen MR) is 130 cm³/mol. The number of aromatic carboxylic acids is 1. The molecule has 1 heterocycles. The molecule has 0 aliphatic carbocycles. The molecule has 7 nitrogen and oxygen atoms in total. The number of benzene rings is 4. The molecular formula is C27H18FN3O4. The average molecular weight is 467 g/mol. The maximum atomic E-state index is 14.0. The molecule has 0 bridgehead atoms. The van der Waals surface area contributed by atoms with Gasteiger partial charge in [0.1, 0.15) is 11.5 Å². The summed E-state index contributed by atoms with van der Waals surface area (Å²) in [5.74, 6) is -1.98. The molecule has 172 valence electrons. The zero-order chi connectivity index (χ0) is 24.5. The van der Waals surface area contributed by atoms with Crippen molar-refractivity contribution in [1.82, 2.24) is 4.57 Å². The van der Waals surface area contributed by atoms with E-state index < -0.39 is 11.8 Å². The van der Waals surface area contributed by atoms with Crippen molar-refractivity contribution in [2.24, 2.45) is 10.2 Å². The lowest BCUT2D eigenvalue weighted by Crippen LogP contribution is -1.95. The van der Waals surface area contributed by atoms with Crippen LogP contribution in [-0.2, 0) is 0 Å². The summed E-state index contributed by atoms with van der Waals surface area (Å²) in [5.41, 5.74) is 2.21. The third kappa shape index (κ3) is 3.97. The van der Waals surface area contributed by atoms with Gasteiger partial charge in [-0.1, -0.05) is 42.5 Å². The van der Waals surface area contributed by atoms with E-state index in [1.165, 1.54) is 41.0 Å². The minimum atomic E-state index is -1.08. The number of carboxylic acids is 1. The number of phenolic OH excluding ortho intramolecular Hbond substituents is 1. The third-order valence-electron chi connectivity index (χ3n) is 5.59. The van der Waals surface area contributed by atoms with Gasteiger partial charge in [0.25, 0.3) is 0 Å². The molecule has 4 aromatic carbocycles. The highest BCUT2D eigenvalue weighted by atomic mass is 19.1. The Labute approximate surface area is 198 Å². The fraction of sp³-hybridized carbons (Fsp3) is 0. The number of aromatic hydroxyl groups is 2. The molecule has 0 fully saturated rings. The lowest BCUT2D eigenvalue weighted by atomic mass is 10.0. The van der Waals surface area contributed by atoms with E-state index in [1.807, 2.05) is 6.07 Å². The first-order valence-electron chi connectivity index (χ1n) is 10.6. The second kappa shape index (κ2) is 8.75. The minimum Gasteiger partial charge on any atom is -0.505 e. The zero-order valence-electron chi connectivity index (χ0n) is 18.1. The van der Waals surface area contributed by atoms with E-state index >= 15 is 0 Å². The predicted octanol–water partition coefficient (Wildman–Crippen LogP) is 6.96. The topological polar surface area (TPSA) is 107 Å². The van der Waals surface area contributed by atoms with Crippen LogP contribution in [0.15, 0.2) is 101 Å². The van der Waals surface area contributed by atoms with Crippen LogP contribution in [0.3, 0.4) is 0 Å². The molecule has 0 unspecified atom stereocenters. The van der Waals surface area contributed by atoms with E-state index in [2.05, 4.69) is 10.2 Å². The first-order chi connectivity index (χ1) is 16.9. The van der Waals surface area contributed by atoms with Crippen LogP contribution in [0, 0.1) is 5.82 Å². The number of rotatable bonds is 5. The van der Waals surface area contributed by atoms with E-state index in [1.54, 1.807) is 48.5 Å². The quantitative estimate of drug-likeness (QED) is 0.243. The van der Waals surface area contributed by atoms with E-state index in [4.69, 9.17) is 0 Å². The van der Waals surface area contributed by atoms with Crippen LogP contribution in [0.5, 0.6) is 11.6 Å². The summed E-state index contributed by atoms with van der Waals surface area (Å²) in [5, 5.41) is 39.9. The molecule has 0 aliphatic rings. The highest BCUT2D eigenvalue weighted by Crippen LogP contribution is 2.43. The van der Waals surface area contributed by atoms with Crippen LogP contribution in [0.1, 0.15) is 10.4 Å². The van der Waals surface area contributed by atoms with Gasteiger partial charge in [-0.05, 0) is 54.1 Å². The monoisotopic (exact) mass is 467 g/mol. The lowest BCUT2D eigenvalue weighted by Gasteiger charge is -2.07. The van der Waals surface area contributed by atoms with Crippen LogP contribution in [0.2, 0.25) is 0 Å². The van der Waals surface area contributed by atoms with Gasteiger partial charge in [0.05, 0.1) is 11.1 Å². The number of azo groups is 1. The Hall–Kier alpha value is -4.98. The standard InChI is InChI=1S/C27H18FN3O4/c28-18-12-13-21-23(15-18)31(19-8-2-1-3-9-19)26(33)24(21)30-29-22-11-5-10-20(25(22)32)16-6-4-7-17(14-16)27(34)35/h1-15,32-33H,(H,34,35). The van der Waals surface area contributed by atoms with Gasteiger partial charge in [0, 0.05) is 16.6 Å². The number of fused-ring (bicyclic) bond motifs is 1. The molecule has 8 heteroatoms. The Morgan fingerprint density at radius 3 is 2.37 bits per heavy atom. The molecule has 0 atom stereocenters. The average Bonchev–Trinajstić information content (AvgIpc) is 3.14. The number of hydrogen-bond donors (Lipinski definition) is 3. The molecule has 0 radical (unpaired) electrons. The van der Waals surface area contributed by atoms with Crippen molar-refractivity contribution in [3.63, 3.8) is 0 Å². The summed E-state index contributed by atoms with van der Waals surface area (Å²) in [6.45, 7) is 0. The third-order valence-corrected chi connectivity index (χ3v) is 5.59. The fourth-order valence-corrected chi connectivity index (χ4v) is 3.94. The summed E-state index contributed by atoms with van der Waals surface area (Å²) in [6.07, 6.45) is 0. The second-order valence-corrected chi connectivity index (χ2v) is 7.76. The molecule has 0 spiro atoms.